The second-order valence-corrected chi connectivity index (χ2v) is 8.81. The van der Waals surface area contributed by atoms with Crippen LogP contribution in [0.2, 0.25) is 0 Å². The van der Waals surface area contributed by atoms with E-state index in [1.807, 2.05) is 19.9 Å². The molecule has 2 rings (SSSR count). The van der Waals surface area contributed by atoms with Crippen LogP contribution in [0.4, 0.5) is 0 Å². The lowest BCUT2D eigenvalue weighted by atomic mass is 10.3. The highest BCUT2D eigenvalue weighted by Crippen LogP contribution is 2.25. The number of rotatable bonds is 8. The van der Waals surface area contributed by atoms with E-state index < -0.39 is 10.0 Å². The van der Waals surface area contributed by atoms with Crippen molar-refractivity contribution in [3.05, 3.63) is 17.0 Å². The Bertz CT molecular complexity index is 638. The van der Waals surface area contributed by atoms with E-state index in [2.05, 4.69) is 15.6 Å². The summed E-state index contributed by atoms with van der Waals surface area (Å²) < 4.78 is 26.8. The lowest BCUT2D eigenvalue weighted by Gasteiger charge is -2.16. The first-order valence-electron chi connectivity index (χ1n) is 8.07. The van der Waals surface area contributed by atoms with E-state index in [4.69, 9.17) is 0 Å². The fourth-order valence-electron chi connectivity index (χ4n) is 2.24. The van der Waals surface area contributed by atoms with Gasteiger partial charge in [0.15, 0.2) is 5.96 Å². The molecule has 0 spiro atoms. The average Bonchev–Trinajstić information content (AvgIpc) is 3.21. The van der Waals surface area contributed by atoms with Crippen molar-refractivity contribution in [1.29, 1.82) is 0 Å². The van der Waals surface area contributed by atoms with Gasteiger partial charge in [0, 0.05) is 37.6 Å². The van der Waals surface area contributed by atoms with Gasteiger partial charge in [-0.3, -0.25) is 4.99 Å². The zero-order valence-electron chi connectivity index (χ0n) is 14.4. The summed E-state index contributed by atoms with van der Waals surface area (Å²) in [7, 11) is -1.58. The van der Waals surface area contributed by atoms with Crippen LogP contribution in [0.25, 0.3) is 0 Å². The first kappa shape index (κ1) is 21.7. The molecular formula is C15H27IN4O2S2. The van der Waals surface area contributed by atoms with Crippen LogP contribution < -0.4 is 10.6 Å². The molecule has 1 aromatic heterocycles. The van der Waals surface area contributed by atoms with E-state index in [0.29, 0.717) is 23.3 Å². The standard InChI is InChI=1S/C15H26N4O2S2.HI/c1-4-19(5-2)23(20,21)14-9-8-13(22-14)10-11-17-15(16-3)18-12-6-7-12;/h8-9,12H,4-7,10-11H2,1-3H3,(H2,16,17,18);1H. The molecular weight excluding hydrogens is 459 g/mol. The van der Waals surface area contributed by atoms with E-state index in [1.54, 1.807) is 13.1 Å². The molecule has 9 heteroatoms. The molecule has 138 valence electrons. The van der Waals surface area contributed by atoms with Crippen molar-refractivity contribution in [1.82, 2.24) is 14.9 Å². The smallest absolute Gasteiger partial charge is 0.252 e. The molecule has 1 aromatic rings. The van der Waals surface area contributed by atoms with Crippen LogP contribution in [0.3, 0.4) is 0 Å². The number of halogens is 1. The predicted molar refractivity (Wildman–Crippen MR) is 111 cm³/mol. The van der Waals surface area contributed by atoms with Crippen molar-refractivity contribution >= 4 is 51.3 Å². The fraction of sp³-hybridized carbons (Fsp3) is 0.667. The third kappa shape index (κ3) is 5.85. The van der Waals surface area contributed by atoms with Gasteiger partial charge in [-0.15, -0.1) is 35.3 Å². The van der Waals surface area contributed by atoms with Crippen LogP contribution in [-0.2, 0) is 16.4 Å². The summed E-state index contributed by atoms with van der Waals surface area (Å²) in [6.45, 7) is 5.45. The maximum atomic E-state index is 12.5. The van der Waals surface area contributed by atoms with Gasteiger partial charge in [-0.05, 0) is 31.4 Å². The number of sulfonamides is 1. The molecule has 2 N–H and O–H groups in total. The van der Waals surface area contributed by atoms with Gasteiger partial charge < -0.3 is 10.6 Å². The molecule has 6 nitrogen and oxygen atoms in total. The van der Waals surface area contributed by atoms with Crippen LogP contribution in [0.15, 0.2) is 21.3 Å². The molecule has 0 aliphatic heterocycles. The molecule has 0 amide bonds. The Balaban J connectivity index is 0.00000288. The number of thiophene rings is 1. The Hall–Kier alpha value is -0.390. The molecule has 0 bridgehead atoms. The Kier molecular flexibility index (Phi) is 8.96. The minimum absolute atomic E-state index is 0. The van der Waals surface area contributed by atoms with E-state index >= 15 is 0 Å². The molecule has 0 radical (unpaired) electrons. The zero-order chi connectivity index (χ0) is 16.9. The number of nitrogens with one attached hydrogen (secondary N) is 2. The maximum absolute atomic E-state index is 12.5. The molecule has 24 heavy (non-hydrogen) atoms. The summed E-state index contributed by atoms with van der Waals surface area (Å²) in [6.07, 6.45) is 3.19. The van der Waals surface area contributed by atoms with Gasteiger partial charge in [-0.25, -0.2) is 8.42 Å². The van der Waals surface area contributed by atoms with Crippen LogP contribution in [0.5, 0.6) is 0 Å². The highest BCUT2D eigenvalue weighted by Gasteiger charge is 2.24. The summed E-state index contributed by atoms with van der Waals surface area (Å²) in [5.74, 6) is 0.819. The Morgan fingerprint density at radius 1 is 1.33 bits per heavy atom. The molecule has 0 unspecified atom stereocenters. The lowest BCUT2D eigenvalue weighted by molar-refractivity contribution is 0.447. The van der Waals surface area contributed by atoms with Crippen molar-refractivity contribution in [3.8, 4) is 0 Å². The Morgan fingerprint density at radius 2 is 2.00 bits per heavy atom. The molecule has 1 fully saturated rings. The third-order valence-electron chi connectivity index (χ3n) is 3.74. The monoisotopic (exact) mass is 486 g/mol. The summed E-state index contributed by atoms with van der Waals surface area (Å²) in [5, 5.41) is 6.59. The van der Waals surface area contributed by atoms with E-state index in [9.17, 15) is 8.42 Å². The number of hydrogen-bond acceptors (Lipinski definition) is 4. The van der Waals surface area contributed by atoms with E-state index in [1.165, 1.54) is 28.5 Å². The summed E-state index contributed by atoms with van der Waals surface area (Å²) in [4.78, 5) is 5.24. The van der Waals surface area contributed by atoms with Gasteiger partial charge in [-0.1, -0.05) is 13.8 Å². The Morgan fingerprint density at radius 3 is 2.54 bits per heavy atom. The quantitative estimate of drug-likeness (QED) is 0.336. The minimum atomic E-state index is -3.34. The molecule has 1 heterocycles. The summed E-state index contributed by atoms with van der Waals surface area (Å²) >= 11 is 1.35. The molecule has 0 aromatic carbocycles. The normalized spacial score (nSPS) is 15.2. The van der Waals surface area contributed by atoms with Gasteiger partial charge in [0.1, 0.15) is 4.21 Å². The topological polar surface area (TPSA) is 73.8 Å². The van der Waals surface area contributed by atoms with Gasteiger partial charge in [0.25, 0.3) is 10.0 Å². The van der Waals surface area contributed by atoms with Crippen LogP contribution in [-0.4, -0.2) is 51.4 Å². The minimum Gasteiger partial charge on any atom is -0.356 e. The third-order valence-corrected chi connectivity index (χ3v) is 7.40. The largest absolute Gasteiger partial charge is 0.356 e. The van der Waals surface area contributed by atoms with Gasteiger partial charge in [-0.2, -0.15) is 4.31 Å². The average molecular weight is 486 g/mol. The lowest BCUT2D eigenvalue weighted by Crippen LogP contribution is -2.39. The molecule has 1 aliphatic carbocycles. The van der Waals surface area contributed by atoms with Crippen molar-refractivity contribution in [2.24, 2.45) is 4.99 Å². The van der Waals surface area contributed by atoms with E-state index in [0.717, 1.165) is 23.8 Å². The maximum Gasteiger partial charge on any atom is 0.252 e. The van der Waals surface area contributed by atoms with Crippen molar-refractivity contribution in [3.63, 3.8) is 0 Å². The molecule has 1 aliphatic rings. The van der Waals surface area contributed by atoms with Gasteiger partial charge in [0.2, 0.25) is 0 Å². The van der Waals surface area contributed by atoms with E-state index in [-0.39, 0.29) is 24.0 Å². The summed E-state index contributed by atoms with van der Waals surface area (Å²) in [5.41, 5.74) is 0. The van der Waals surface area contributed by atoms with Crippen LogP contribution >= 0.6 is 35.3 Å². The zero-order valence-corrected chi connectivity index (χ0v) is 18.4. The van der Waals surface area contributed by atoms with Crippen molar-refractivity contribution < 1.29 is 8.42 Å². The fourth-order valence-corrected chi connectivity index (χ4v) is 5.21. The van der Waals surface area contributed by atoms with Crippen LogP contribution in [0, 0.1) is 0 Å². The van der Waals surface area contributed by atoms with Gasteiger partial charge >= 0.3 is 0 Å². The second-order valence-electron chi connectivity index (χ2n) is 5.48. The van der Waals surface area contributed by atoms with Crippen LogP contribution in [0.1, 0.15) is 31.6 Å². The number of guanidine groups is 1. The second kappa shape index (κ2) is 9.93. The highest BCUT2D eigenvalue weighted by atomic mass is 127. The number of hydrogen-bond donors (Lipinski definition) is 2. The van der Waals surface area contributed by atoms with Gasteiger partial charge in [0.05, 0.1) is 0 Å². The highest BCUT2D eigenvalue weighted by molar-refractivity contribution is 14.0. The van der Waals surface area contributed by atoms with Crippen molar-refractivity contribution in [2.45, 2.75) is 43.4 Å². The predicted octanol–water partition coefficient (Wildman–Crippen LogP) is 2.27. The molecule has 1 saturated carbocycles. The SMILES string of the molecule is CCN(CC)S(=O)(=O)c1ccc(CCNC(=NC)NC2CC2)s1.I. The first-order valence-corrected chi connectivity index (χ1v) is 10.3. The molecule has 0 atom stereocenters. The molecule has 0 saturated heterocycles. The first-order chi connectivity index (χ1) is 11.0. The Labute approximate surface area is 166 Å². The van der Waals surface area contributed by atoms with Crippen molar-refractivity contribution in [2.75, 3.05) is 26.7 Å². The number of nitrogens with zero attached hydrogens (tertiary/aromatic N) is 2. The summed E-state index contributed by atoms with van der Waals surface area (Å²) in [6, 6.07) is 4.18. The number of aliphatic imine (C=N–C) groups is 1.